The molecular weight excluding hydrogens is 228 g/mol. The van der Waals surface area contributed by atoms with Gasteiger partial charge in [0.15, 0.2) is 0 Å². The van der Waals surface area contributed by atoms with Crippen LogP contribution in [0.2, 0.25) is 0 Å². The molecular formula is C14H14N2O2. The minimum atomic E-state index is -0.0639. The molecule has 0 fully saturated rings. The molecule has 18 heavy (non-hydrogen) atoms. The maximum Gasteiger partial charge on any atom is 0.139 e. The molecule has 2 aromatic rings. The van der Waals surface area contributed by atoms with Crippen molar-refractivity contribution in [1.82, 2.24) is 9.97 Å². The number of aliphatic hydroxyl groups excluding tert-OH is 1. The summed E-state index contributed by atoms with van der Waals surface area (Å²) in [5.74, 6) is 1.69. The molecule has 92 valence electrons. The van der Waals surface area contributed by atoms with Gasteiger partial charge in [-0.15, -0.1) is 0 Å². The van der Waals surface area contributed by atoms with Gasteiger partial charge in [-0.25, -0.2) is 9.97 Å². The molecule has 0 bridgehead atoms. The summed E-state index contributed by atoms with van der Waals surface area (Å²) in [6.45, 7) is 2.41. The van der Waals surface area contributed by atoms with Gasteiger partial charge in [0.2, 0.25) is 0 Å². The molecule has 0 radical (unpaired) electrons. The van der Waals surface area contributed by atoms with Crippen LogP contribution in [0.5, 0.6) is 5.75 Å². The van der Waals surface area contributed by atoms with E-state index in [1.54, 1.807) is 6.07 Å². The molecule has 1 N–H and O–H groups in total. The normalized spacial score (nSPS) is 17.3. The summed E-state index contributed by atoms with van der Waals surface area (Å²) in [4.78, 5) is 8.85. The van der Waals surface area contributed by atoms with Crippen molar-refractivity contribution in [3.63, 3.8) is 0 Å². The maximum atomic E-state index is 9.20. The summed E-state index contributed by atoms with van der Waals surface area (Å²) in [5.41, 5.74) is 2.64. The molecule has 1 aliphatic rings. The second kappa shape index (κ2) is 4.38. The number of ether oxygens (including phenoxy) is 1. The molecule has 0 aliphatic carbocycles. The Hall–Kier alpha value is -1.94. The molecule has 0 spiro atoms. The van der Waals surface area contributed by atoms with Gasteiger partial charge in [-0.3, -0.25) is 0 Å². The van der Waals surface area contributed by atoms with E-state index in [9.17, 15) is 5.11 Å². The van der Waals surface area contributed by atoms with Crippen molar-refractivity contribution in [1.29, 1.82) is 0 Å². The van der Waals surface area contributed by atoms with E-state index in [-0.39, 0.29) is 12.5 Å². The van der Waals surface area contributed by atoms with E-state index < -0.39 is 0 Å². The summed E-state index contributed by atoms with van der Waals surface area (Å²) in [6, 6.07) is 9.74. The third-order valence-electron chi connectivity index (χ3n) is 3.10. The Morgan fingerprint density at radius 3 is 3.00 bits per heavy atom. The smallest absolute Gasteiger partial charge is 0.139 e. The lowest BCUT2D eigenvalue weighted by molar-refractivity contribution is 0.275. The average molecular weight is 242 g/mol. The highest BCUT2D eigenvalue weighted by atomic mass is 16.5. The van der Waals surface area contributed by atoms with Crippen LogP contribution in [-0.2, 0) is 6.61 Å². The summed E-state index contributed by atoms with van der Waals surface area (Å²) in [6.07, 6.45) is 0. The van der Waals surface area contributed by atoms with Gasteiger partial charge in [0, 0.05) is 11.3 Å². The van der Waals surface area contributed by atoms with Gasteiger partial charge in [0.25, 0.3) is 0 Å². The lowest BCUT2D eigenvalue weighted by atomic mass is 10.0. The molecule has 4 heteroatoms. The number of hydrogen-bond donors (Lipinski definition) is 1. The molecule has 1 aromatic carbocycles. The highest BCUT2D eigenvalue weighted by molar-refractivity contribution is 5.42. The Morgan fingerprint density at radius 1 is 1.33 bits per heavy atom. The van der Waals surface area contributed by atoms with E-state index in [0.29, 0.717) is 12.3 Å². The van der Waals surface area contributed by atoms with Crippen LogP contribution in [0.15, 0.2) is 30.3 Å². The summed E-state index contributed by atoms with van der Waals surface area (Å²) in [5, 5.41) is 9.20. The lowest BCUT2D eigenvalue weighted by Gasteiger charge is -2.09. The van der Waals surface area contributed by atoms with E-state index in [4.69, 9.17) is 4.74 Å². The highest BCUT2D eigenvalue weighted by Crippen LogP contribution is 2.36. The van der Waals surface area contributed by atoms with Crippen LogP contribution in [0.4, 0.5) is 0 Å². The van der Waals surface area contributed by atoms with Crippen LogP contribution in [0.25, 0.3) is 0 Å². The maximum absolute atomic E-state index is 9.20. The van der Waals surface area contributed by atoms with Gasteiger partial charge in [0.05, 0.1) is 18.2 Å². The third kappa shape index (κ3) is 1.84. The van der Waals surface area contributed by atoms with Crippen molar-refractivity contribution in [2.45, 2.75) is 19.4 Å². The number of benzene rings is 1. The van der Waals surface area contributed by atoms with Gasteiger partial charge >= 0.3 is 0 Å². The van der Waals surface area contributed by atoms with Crippen molar-refractivity contribution in [3.8, 4) is 5.75 Å². The number of rotatable bonds is 2. The van der Waals surface area contributed by atoms with Gasteiger partial charge in [-0.2, -0.15) is 0 Å². The van der Waals surface area contributed by atoms with Crippen molar-refractivity contribution in [2.24, 2.45) is 0 Å². The van der Waals surface area contributed by atoms with Gasteiger partial charge in [-0.05, 0) is 19.1 Å². The van der Waals surface area contributed by atoms with E-state index in [0.717, 1.165) is 22.8 Å². The number of aliphatic hydroxyl groups is 1. The number of nitrogens with zero attached hydrogens (tertiary/aromatic N) is 2. The fourth-order valence-electron chi connectivity index (χ4n) is 2.27. The van der Waals surface area contributed by atoms with Crippen molar-refractivity contribution >= 4 is 0 Å². The molecule has 4 nitrogen and oxygen atoms in total. The predicted molar refractivity (Wildman–Crippen MR) is 66.5 cm³/mol. The lowest BCUT2D eigenvalue weighted by Crippen LogP contribution is -2.10. The summed E-state index contributed by atoms with van der Waals surface area (Å²) < 4.78 is 5.64. The Kier molecular flexibility index (Phi) is 2.72. The fourth-order valence-corrected chi connectivity index (χ4v) is 2.27. The number of hydrogen-bond acceptors (Lipinski definition) is 4. The Morgan fingerprint density at radius 2 is 2.17 bits per heavy atom. The third-order valence-corrected chi connectivity index (χ3v) is 3.10. The van der Waals surface area contributed by atoms with Crippen LogP contribution >= 0.6 is 0 Å². The van der Waals surface area contributed by atoms with Gasteiger partial charge in [-0.1, -0.05) is 18.2 Å². The molecule has 0 saturated heterocycles. The molecule has 0 saturated carbocycles. The molecule has 3 rings (SSSR count). The van der Waals surface area contributed by atoms with Crippen molar-refractivity contribution < 1.29 is 9.84 Å². The standard InChI is InChI=1S/C14H14N2O2/c1-9-6-10(7-17)16-14(15-9)12-8-18-13-5-3-2-4-11(12)13/h2-6,12,17H,7-8H2,1H3. The quantitative estimate of drug-likeness (QED) is 0.872. The average Bonchev–Trinajstić information content (AvgIpc) is 2.81. The summed E-state index contributed by atoms with van der Waals surface area (Å²) >= 11 is 0. The van der Waals surface area contributed by atoms with E-state index in [1.165, 1.54) is 0 Å². The zero-order valence-electron chi connectivity index (χ0n) is 10.1. The molecule has 0 amide bonds. The van der Waals surface area contributed by atoms with Gasteiger partial charge in [0.1, 0.15) is 18.2 Å². The van der Waals surface area contributed by atoms with Crippen LogP contribution < -0.4 is 4.74 Å². The Balaban J connectivity index is 2.04. The topological polar surface area (TPSA) is 55.2 Å². The summed E-state index contributed by atoms with van der Waals surface area (Å²) in [7, 11) is 0. The first kappa shape index (κ1) is 11.2. The largest absolute Gasteiger partial charge is 0.492 e. The van der Waals surface area contributed by atoms with Crippen LogP contribution in [-0.4, -0.2) is 21.7 Å². The van der Waals surface area contributed by atoms with Gasteiger partial charge < -0.3 is 9.84 Å². The number of aromatic nitrogens is 2. The Bertz CT molecular complexity index is 584. The highest BCUT2D eigenvalue weighted by Gasteiger charge is 2.27. The fraction of sp³-hybridized carbons (Fsp3) is 0.286. The van der Waals surface area contributed by atoms with Crippen LogP contribution in [0.1, 0.15) is 28.7 Å². The van der Waals surface area contributed by atoms with E-state index >= 15 is 0 Å². The zero-order valence-corrected chi connectivity index (χ0v) is 10.1. The van der Waals surface area contributed by atoms with E-state index in [1.807, 2.05) is 31.2 Å². The SMILES string of the molecule is Cc1cc(CO)nc(C2COc3ccccc32)n1. The first-order valence-electron chi connectivity index (χ1n) is 5.95. The zero-order chi connectivity index (χ0) is 12.5. The first-order valence-corrected chi connectivity index (χ1v) is 5.95. The van der Waals surface area contributed by atoms with E-state index in [2.05, 4.69) is 9.97 Å². The minimum absolute atomic E-state index is 0.0615. The van der Waals surface area contributed by atoms with Crippen LogP contribution in [0.3, 0.4) is 0 Å². The minimum Gasteiger partial charge on any atom is -0.492 e. The Labute approximate surface area is 105 Å². The molecule has 1 aliphatic heterocycles. The second-order valence-electron chi connectivity index (χ2n) is 4.42. The number of fused-ring (bicyclic) bond motifs is 1. The molecule has 1 unspecified atom stereocenters. The van der Waals surface area contributed by atoms with Crippen molar-refractivity contribution in [2.75, 3.05) is 6.61 Å². The molecule has 1 aromatic heterocycles. The van der Waals surface area contributed by atoms with Crippen molar-refractivity contribution in [3.05, 3.63) is 53.1 Å². The second-order valence-corrected chi connectivity index (χ2v) is 4.42. The monoisotopic (exact) mass is 242 g/mol. The molecule has 1 atom stereocenters. The number of aryl methyl sites for hydroxylation is 1. The number of para-hydroxylation sites is 1. The van der Waals surface area contributed by atoms with Crippen LogP contribution in [0, 0.1) is 6.92 Å². The predicted octanol–water partition coefficient (Wildman–Crippen LogP) is 1.80. The molecule has 2 heterocycles. The first-order chi connectivity index (χ1) is 8.78.